The minimum atomic E-state index is -4.41. The number of Topliss-reactive ketones (excluding diaryl/α,β-unsaturated/α-hetero) is 1. The third-order valence-electron chi connectivity index (χ3n) is 3.32. The quantitative estimate of drug-likeness (QED) is 0.563. The fraction of sp³-hybridized carbons (Fsp3) is 0.250. The molecule has 0 amide bonds. The molecule has 0 radical (unpaired) electrons. The lowest BCUT2D eigenvalue weighted by Crippen LogP contribution is -2.37. The van der Waals surface area contributed by atoms with E-state index in [4.69, 9.17) is 9.47 Å². The Kier molecular flexibility index (Phi) is 5.48. The lowest BCUT2D eigenvalue weighted by atomic mass is 10.1. The molecule has 1 aromatic carbocycles. The lowest BCUT2D eigenvalue weighted by molar-refractivity contribution is -0.683. The van der Waals surface area contributed by atoms with Gasteiger partial charge in [0.1, 0.15) is 0 Å². The minimum Gasteiger partial charge on any atom is -0.493 e. The molecule has 0 bridgehead atoms. The fourth-order valence-electron chi connectivity index (χ4n) is 2.07. The van der Waals surface area contributed by atoms with E-state index < -0.39 is 11.7 Å². The zero-order valence-corrected chi connectivity index (χ0v) is 14.4. The molecule has 0 saturated carbocycles. The number of ketones is 1. The van der Waals surface area contributed by atoms with Crippen molar-refractivity contribution in [3.63, 3.8) is 0 Å². The Morgan fingerprint density at radius 2 is 1.67 bits per heavy atom. The van der Waals surface area contributed by atoms with Gasteiger partial charge in [0.2, 0.25) is 12.3 Å². The molecule has 0 aliphatic rings. The normalized spacial score (nSPS) is 11.2. The van der Waals surface area contributed by atoms with Crippen LogP contribution in [0.2, 0.25) is 0 Å². The number of nitrogens with zero attached hydrogens (tertiary/aromatic N) is 1. The Balaban J connectivity index is 2.24. The molecular weight excluding hydrogens is 391 g/mol. The SMILES string of the molecule is COc1cc(Br)c(C(=O)C[n+]2ccc(C(F)(F)F)cc2)cc1OC. The van der Waals surface area contributed by atoms with Gasteiger partial charge in [0, 0.05) is 22.2 Å². The van der Waals surface area contributed by atoms with Gasteiger partial charge >= 0.3 is 6.18 Å². The van der Waals surface area contributed by atoms with Gasteiger partial charge in [-0.05, 0) is 28.1 Å². The van der Waals surface area contributed by atoms with Crippen LogP contribution < -0.4 is 14.0 Å². The van der Waals surface area contributed by atoms with Gasteiger partial charge in [-0.2, -0.15) is 17.7 Å². The zero-order valence-electron chi connectivity index (χ0n) is 12.9. The van der Waals surface area contributed by atoms with Crippen LogP contribution in [-0.4, -0.2) is 20.0 Å². The van der Waals surface area contributed by atoms with E-state index in [1.807, 2.05) is 0 Å². The molecule has 24 heavy (non-hydrogen) atoms. The van der Waals surface area contributed by atoms with Crippen molar-refractivity contribution in [2.45, 2.75) is 12.7 Å². The summed E-state index contributed by atoms with van der Waals surface area (Å²) in [6, 6.07) is 4.98. The van der Waals surface area contributed by atoms with Crippen molar-refractivity contribution in [2.75, 3.05) is 14.2 Å². The molecule has 0 aliphatic heterocycles. The standard InChI is InChI=1S/C16H14BrF3NO3/c1-23-14-7-11(12(17)8-15(14)24-2)13(22)9-21-5-3-10(4-6-21)16(18,19)20/h3-8H,9H2,1-2H3/q+1. The Morgan fingerprint density at radius 1 is 1.12 bits per heavy atom. The highest BCUT2D eigenvalue weighted by Crippen LogP contribution is 2.33. The highest BCUT2D eigenvalue weighted by Gasteiger charge is 2.31. The fourth-order valence-corrected chi connectivity index (χ4v) is 2.61. The number of halogens is 4. The van der Waals surface area contributed by atoms with Crippen LogP contribution in [0, 0.1) is 0 Å². The number of carbonyl (C=O) groups is 1. The van der Waals surface area contributed by atoms with Gasteiger partial charge in [0.05, 0.1) is 19.8 Å². The maximum atomic E-state index is 12.5. The minimum absolute atomic E-state index is 0.105. The van der Waals surface area contributed by atoms with Gasteiger partial charge in [-0.3, -0.25) is 4.79 Å². The van der Waals surface area contributed by atoms with Crippen LogP contribution in [0.15, 0.2) is 41.1 Å². The molecule has 128 valence electrons. The van der Waals surface area contributed by atoms with E-state index >= 15 is 0 Å². The van der Waals surface area contributed by atoms with Crippen molar-refractivity contribution >= 4 is 21.7 Å². The molecular formula is C16H14BrF3NO3+. The van der Waals surface area contributed by atoms with Crippen molar-refractivity contribution in [3.05, 3.63) is 52.3 Å². The third kappa shape index (κ3) is 4.05. The number of hydrogen-bond acceptors (Lipinski definition) is 3. The summed E-state index contributed by atoms with van der Waals surface area (Å²) in [5, 5.41) is 0. The largest absolute Gasteiger partial charge is 0.493 e. The number of ether oxygens (including phenoxy) is 2. The molecule has 0 saturated heterocycles. The molecule has 0 N–H and O–H groups in total. The molecule has 4 nitrogen and oxygen atoms in total. The van der Waals surface area contributed by atoms with E-state index in [0.29, 0.717) is 21.5 Å². The summed E-state index contributed by atoms with van der Waals surface area (Å²) in [7, 11) is 2.93. The first-order valence-corrected chi connectivity index (χ1v) is 7.56. The Bertz CT molecular complexity index is 745. The number of aromatic nitrogens is 1. The highest BCUT2D eigenvalue weighted by atomic mass is 79.9. The van der Waals surface area contributed by atoms with Gasteiger partial charge < -0.3 is 9.47 Å². The average Bonchev–Trinajstić information content (AvgIpc) is 2.54. The number of pyridine rings is 1. The van der Waals surface area contributed by atoms with E-state index in [0.717, 1.165) is 12.1 Å². The second-order valence-electron chi connectivity index (χ2n) is 4.87. The highest BCUT2D eigenvalue weighted by molar-refractivity contribution is 9.10. The summed E-state index contributed by atoms with van der Waals surface area (Å²) in [6.07, 6.45) is -1.97. The number of benzene rings is 1. The number of rotatable bonds is 5. The summed E-state index contributed by atoms with van der Waals surface area (Å²) in [4.78, 5) is 12.4. The average molecular weight is 405 g/mol. The van der Waals surface area contributed by atoms with Crippen molar-refractivity contribution in [1.29, 1.82) is 0 Å². The predicted octanol–water partition coefficient (Wildman–Crippen LogP) is 3.66. The van der Waals surface area contributed by atoms with E-state index in [2.05, 4.69) is 15.9 Å². The lowest BCUT2D eigenvalue weighted by Gasteiger charge is -2.10. The zero-order chi connectivity index (χ0) is 17.9. The molecule has 0 fully saturated rings. The molecule has 0 spiro atoms. The van der Waals surface area contributed by atoms with Crippen molar-refractivity contribution in [1.82, 2.24) is 0 Å². The van der Waals surface area contributed by atoms with Crippen molar-refractivity contribution in [3.8, 4) is 11.5 Å². The van der Waals surface area contributed by atoms with Gasteiger partial charge in [-0.1, -0.05) is 0 Å². The second kappa shape index (κ2) is 7.21. The monoisotopic (exact) mass is 404 g/mol. The number of hydrogen-bond donors (Lipinski definition) is 0. The molecule has 0 aliphatic carbocycles. The van der Waals surface area contributed by atoms with Crippen LogP contribution >= 0.6 is 15.9 Å². The van der Waals surface area contributed by atoms with Crippen LogP contribution in [0.25, 0.3) is 0 Å². The predicted molar refractivity (Wildman–Crippen MR) is 83.2 cm³/mol. The molecule has 2 aromatic rings. The van der Waals surface area contributed by atoms with Gasteiger partial charge in [0.15, 0.2) is 23.9 Å². The van der Waals surface area contributed by atoms with Crippen LogP contribution in [0.5, 0.6) is 11.5 Å². The van der Waals surface area contributed by atoms with Crippen LogP contribution in [-0.2, 0) is 12.7 Å². The first kappa shape index (κ1) is 18.3. The topological polar surface area (TPSA) is 39.4 Å². The number of methoxy groups -OCH3 is 2. The summed E-state index contributed by atoms with van der Waals surface area (Å²) in [5.74, 6) is 0.567. The van der Waals surface area contributed by atoms with Crippen LogP contribution in [0.4, 0.5) is 13.2 Å². The van der Waals surface area contributed by atoms with Crippen molar-refractivity contribution < 1.29 is 32.0 Å². The number of carbonyl (C=O) groups excluding carboxylic acids is 1. The maximum absolute atomic E-state index is 12.5. The van der Waals surface area contributed by atoms with Gasteiger partial charge in [0.25, 0.3) is 0 Å². The Morgan fingerprint density at radius 3 is 2.17 bits per heavy atom. The number of alkyl halides is 3. The maximum Gasteiger partial charge on any atom is 0.416 e. The van der Waals surface area contributed by atoms with Crippen LogP contribution in [0.1, 0.15) is 15.9 Å². The van der Waals surface area contributed by atoms with E-state index in [9.17, 15) is 18.0 Å². The molecule has 1 aromatic heterocycles. The molecule has 0 atom stereocenters. The Hall–Kier alpha value is -2.09. The van der Waals surface area contributed by atoms with Crippen LogP contribution in [0.3, 0.4) is 0 Å². The summed E-state index contributed by atoms with van der Waals surface area (Å²) < 4.78 is 49.8. The smallest absolute Gasteiger partial charge is 0.416 e. The summed E-state index contributed by atoms with van der Waals surface area (Å²) >= 11 is 3.29. The van der Waals surface area contributed by atoms with Gasteiger partial charge in [-0.15, -0.1) is 0 Å². The summed E-state index contributed by atoms with van der Waals surface area (Å²) in [5.41, 5.74) is -0.418. The van der Waals surface area contributed by atoms with Gasteiger partial charge in [-0.25, -0.2) is 0 Å². The molecule has 8 heteroatoms. The molecule has 1 heterocycles. The van der Waals surface area contributed by atoms with E-state index in [1.165, 1.54) is 37.2 Å². The van der Waals surface area contributed by atoms with E-state index in [1.54, 1.807) is 6.07 Å². The molecule has 2 rings (SSSR count). The first-order valence-electron chi connectivity index (χ1n) is 6.77. The van der Waals surface area contributed by atoms with E-state index in [-0.39, 0.29) is 12.3 Å². The second-order valence-corrected chi connectivity index (χ2v) is 5.72. The van der Waals surface area contributed by atoms with Crippen molar-refractivity contribution in [2.24, 2.45) is 0 Å². The third-order valence-corrected chi connectivity index (χ3v) is 3.97. The summed E-state index contributed by atoms with van der Waals surface area (Å²) in [6.45, 7) is -0.105. The Labute approximate surface area is 144 Å². The first-order chi connectivity index (χ1) is 11.3. The molecule has 0 unspecified atom stereocenters.